The summed E-state index contributed by atoms with van der Waals surface area (Å²) in [4.78, 5) is 33.6. The van der Waals surface area contributed by atoms with E-state index in [1.165, 1.54) is 109 Å². The zero-order chi connectivity index (χ0) is 44.8. The Labute approximate surface area is 372 Å². The third-order valence-corrected chi connectivity index (χ3v) is 10.9. The van der Waals surface area contributed by atoms with E-state index in [1.807, 2.05) is 6.08 Å². The highest BCUT2D eigenvalue weighted by Gasteiger charge is 2.27. The Kier molecular flexibility index (Phi) is 43.5. The van der Waals surface area contributed by atoms with Crippen LogP contribution in [-0.2, 0) is 32.7 Å². The smallest absolute Gasteiger partial charge is 0.472 e. The van der Waals surface area contributed by atoms with E-state index in [-0.39, 0.29) is 13.0 Å². The molecule has 0 radical (unpaired) electrons. The van der Waals surface area contributed by atoms with Crippen molar-refractivity contribution in [2.75, 3.05) is 26.4 Å². The van der Waals surface area contributed by atoms with Crippen LogP contribution in [0.2, 0.25) is 0 Å². The Morgan fingerprint density at radius 3 is 1.43 bits per heavy atom. The van der Waals surface area contributed by atoms with Gasteiger partial charge in [0, 0.05) is 6.42 Å². The normalized spacial score (nSPS) is 14.4. The summed E-state index contributed by atoms with van der Waals surface area (Å²) in [5, 5.41) is 8.91. The molecule has 0 rings (SSSR count). The van der Waals surface area contributed by atoms with Gasteiger partial charge in [0.2, 0.25) is 0 Å². The molecule has 0 bridgehead atoms. The Hall–Kier alpha value is -2.59. The number of ether oxygens (including phenoxy) is 2. The van der Waals surface area contributed by atoms with Gasteiger partial charge in [-0.25, -0.2) is 4.57 Å². The Balaban J connectivity index is 4.24. The fraction of sp³-hybridized carbons (Fsp3) is 0.720. The first-order valence-corrected chi connectivity index (χ1v) is 25.5. The highest BCUT2D eigenvalue weighted by Crippen LogP contribution is 2.43. The summed E-state index contributed by atoms with van der Waals surface area (Å²) in [6.45, 7) is 3.55. The quantitative estimate of drug-likeness (QED) is 0.0233. The van der Waals surface area contributed by atoms with Crippen LogP contribution in [0, 0.1) is 0 Å². The molecule has 61 heavy (non-hydrogen) atoms. The molecule has 352 valence electrons. The first kappa shape index (κ1) is 58.4. The van der Waals surface area contributed by atoms with Crippen molar-refractivity contribution in [2.24, 2.45) is 5.73 Å². The molecule has 0 amide bonds. The molecular weight excluding hydrogens is 790 g/mol. The Morgan fingerprint density at radius 2 is 0.951 bits per heavy atom. The summed E-state index contributed by atoms with van der Waals surface area (Å²) in [6.07, 6.45) is 57.0. The average molecular weight is 878 g/mol. The molecule has 0 aliphatic carbocycles. The molecule has 3 unspecified atom stereocenters. The number of allylic oxidation sites excluding steroid dienone is 11. The van der Waals surface area contributed by atoms with Crippen LogP contribution in [0.5, 0.6) is 0 Å². The van der Waals surface area contributed by atoms with E-state index in [4.69, 9.17) is 29.4 Å². The van der Waals surface area contributed by atoms with Gasteiger partial charge >= 0.3 is 19.8 Å². The minimum atomic E-state index is -4.64. The van der Waals surface area contributed by atoms with Gasteiger partial charge in [0.15, 0.2) is 0 Å². The molecular formula is C50H88NO9P. The van der Waals surface area contributed by atoms with E-state index in [9.17, 15) is 19.0 Å². The van der Waals surface area contributed by atoms with Crippen LogP contribution in [0.25, 0.3) is 0 Å². The molecule has 0 spiro atoms. The SMILES string of the molecule is CC/C=C\C/C=C\C/C=C\C/C=C\C/C=C\CCOCC(COP(=O)(O)OCC(N)C(=O)O)OC(=O)CCCCCCCCCCCCC/C=C\CCCCCCCCCC. The lowest BCUT2D eigenvalue weighted by Crippen LogP contribution is -2.34. The number of hydrogen-bond acceptors (Lipinski definition) is 8. The second kappa shape index (κ2) is 45.4. The summed E-state index contributed by atoms with van der Waals surface area (Å²) in [7, 11) is -4.64. The summed E-state index contributed by atoms with van der Waals surface area (Å²) in [5.74, 6) is -1.81. The molecule has 0 saturated heterocycles. The van der Waals surface area contributed by atoms with Crippen LogP contribution in [0.3, 0.4) is 0 Å². The number of esters is 1. The van der Waals surface area contributed by atoms with Crippen molar-refractivity contribution in [1.29, 1.82) is 0 Å². The van der Waals surface area contributed by atoms with Gasteiger partial charge < -0.3 is 25.2 Å². The molecule has 0 saturated carbocycles. The minimum absolute atomic E-state index is 0.0401. The minimum Gasteiger partial charge on any atom is -0.480 e. The van der Waals surface area contributed by atoms with Gasteiger partial charge in [-0.15, -0.1) is 0 Å². The van der Waals surface area contributed by atoms with Gasteiger partial charge in [0.1, 0.15) is 12.1 Å². The largest absolute Gasteiger partial charge is 0.480 e. The molecule has 0 aromatic carbocycles. The number of carboxylic acid groups (broad SMARTS) is 1. The zero-order valence-corrected chi connectivity index (χ0v) is 39.4. The summed E-state index contributed by atoms with van der Waals surface area (Å²) in [5.41, 5.74) is 5.36. The number of carboxylic acids is 1. The van der Waals surface area contributed by atoms with Crippen molar-refractivity contribution in [2.45, 2.75) is 206 Å². The summed E-state index contributed by atoms with van der Waals surface area (Å²) in [6, 6.07) is -1.49. The summed E-state index contributed by atoms with van der Waals surface area (Å²) >= 11 is 0. The number of phosphoric acid groups is 1. The molecule has 4 N–H and O–H groups in total. The van der Waals surface area contributed by atoms with Crippen LogP contribution < -0.4 is 5.73 Å². The van der Waals surface area contributed by atoms with Crippen molar-refractivity contribution < 1.29 is 42.7 Å². The maximum absolute atomic E-state index is 12.7. The van der Waals surface area contributed by atoms with Crippen LogP contribution in [0.4, 0.5) is 0 Å². The lowest BCUT2D eigenvalue weighted by Gasteiger charge is -2.20. The third kappa shape index (κ3) is 45.3. The zero-order valence-electron chi connectivity index (χ0n) is 38.5. The highest BCUT2D eigenvalue weighted by molar-refractivity contribution is 7.47. The van der Waals surface area contributed by atoms with Crippen LogP contribution in [-0.4, -0.2) is 60.5 Å². The topological polar surface area (TPSA) is 155 Å². The van der Waals surface area contributed by atoms with E-state index in [2.05, 4.69) is 80.7 Å². The molecule has 0 aliphatic heterocycles. The van der Waals surface area contributed by atoms with Gasteiger partial charge in [0.05, 0.1) is 26.4 Å². The van der Waals surface area contributed by atoms with Crippen LogP contribution in [0.15, 0.2) is 72.9 Å². The lowest BCUT2D eigenvalue weighted by molar-refractivity contribution is -0.154. The van der Waals surface area contributed by atoms with Crippen LogP contribution in [0.1, 0.15) is 194 Å². The highest BCUT2D eigenvalue weighted by atomic mass is 31.2. The number of nitrogens with two attached hydrogens (primary N) is 1. The van der Waals surface area contributed by atoms with Gasteiger partial charge in [0.25, 0.3) is 0 Å². The van der Waals surface area contributed by atoms with Gasteiger partial charge in [-0.05, 0) is 70.6 Å². The van der Waals surface area contributed by atoms with Crippen molar-refractivity contribution in [3.8, 4) is 0 Å². The second-order valence-corrected chi connectivity index (χ2v) is 17.3. The number of rotatable bonds is 45. The number of phosphoric ester groups is 1. The van der Waals surface area contributed by atoms with Gasteiger partial charge in [-0.1, -0.05) is 189 Å². The van der Waals surface area contributed by atoms with Crippen molar-refractivity contribution in [3.05, 3.63) is 72.9 Å². The Morgan fingerprint density at radius 1 is 0.541 bits per heavy atom. The van der Waals surface area contributed by atoms with Crippen molar-refractivity contribution >= 4 is 19.8 Å². The maximum atomic E-state index is 12.7. The van der Waals surface area contributed by atoms with E-state index in [1.54, 1.807) is 0 Å². The standard InChI is InChI=1S/C50H88NO9P/c1-3-5-7-9-11-13-15-17-19-21-22-23-24-25-26-27-28-30-32-34-36-38-40-42-49(52)60-47(45-58-61(55,56)59-46-48(51)50(53)54)44-57-43-41-39-37-35-33-31-29-20-18-16-14-12-10-8-6-4-2/h6,8,12,14,18,20-22,31,33,37,39,47-48H,3-5,7,9-11,13,15-17,19,23-30,32,34-36,38,40-46,51H2,1-2H3,(H,53,54)(H,55,56)/b8-6-,14-12-,20-18-,22-21-,33-31-,39-37-. The second-order valence-electron chi connectivity index (χ2n) is 15.9. The number of aliphatic carboxylic acids is 1. The monoisotopic (exact) mass is 878 g/mol. The van der Waals surface area contributed by atoms with Gasteiger partial charge in [-0.3, -0.25) is 18.6 Å². The maximum Gasteiger partial charge on any atom is 0.472 e. The number of hydrogen-bond donors (Lipinski definition) is 3. The van der Waals surface area contributed by atoms with Crippen molar-refractivity contribution in [3.63, 3.8) is 0 Å². The molecule has 0 fully saturated rings. The van der Waals surface area contributed by atoms with Crippen LogP contribution >= 0.6 is 7.82 Å². The molecule has 11 heteroatoms. The van der Waals surface area contributed by atoms with Crippen molar-refractivity contribution in [1.82, 2.24) is 0 Å². The number of carbonyl (C=O) groups excluding carboxylic acids is 1. The fourth-order valence-corrected chi connectivity index (χ4v) is 7.09. The lowest BCUT2D eigenvalue weighted by atomic mass is 10.0. The molecule has 0 aliphatic rings. The average Bonchev–Trinajstić information content (AvgIpc) is 3.24. The first-order chi connectivity index (χ1) is 29.7. The number of unbranched alkanes of at least 4 members (excludes halogenated alkanes) is 19. The van der Waals surface area contributed by atoms with E-state index in [0.717, 1.165) is 51.4 Å². The first-order valence-electron chi connectivity index (χ1n) is 24.0. The predicted molar refractivity (Wildman–Crippen MR) is 254 cm³/mol. The molecule has 10 nitrogen and oxygen atoms in total. The molecule has 0 heterocycles. The van der Waals surface area contributed by atoms with E-state index in [0.29, 0.717) is 19.4 Å². The van der Waals surface area contributed by atoms with E-state index >= 15 is 0 Å². The van der Waals surface area contributed by atoms with Gasteiger partial charge in [-0.2, -0.15) is 0 Å². The van der Waals surface area contributed by atoms with E-state index < -0.39 is 45.1 Å². The molecule has 3 atom stereocenters. The fourth-order valence-electron chi connectivity index (χ4n) is 6.31. The molecule has 0 aromatic heterocycles. The summed E-state index contributed by atoms with van der Waals surface area (Å²) < 4.78 is 33.3. The number of carbonyl (C=O) groups is 2. The Bertz CT molecular complexity index is 1250. The third-order valence-electron chi connectivity index (χ3n) is 9.99. The molecule has 0 aromatic rings. The predicted octanol–water partition coefficient (Wildman–Crippen LogP) is 13.8.